The van der Waals surface area contributed by atoms with E-state index in [0.29, 0.717) is 10.8 Å². The summed E-state index contributed by atoms with van der Waals surface area (Å²) in [7, 11) is 0. The zero-order valence-electron chi connectivity index (χ0n) is 5.43. The first-order valence-corrected chi connectivity index (χ1v) is 3.78. The number of hydrogen-bond acceptors (Lipinski definition) is 0. The van der Waals surface area contributed by atoms with Crippen LogP contribution in [0.4, 0.5) is 0 Å². The van der Waals surface area contributed by atoms with Crippen molar-refractivity contribution in [2.75, 3.05) is 0 Å². The van der Waals surface area contributed by atoms with E-state index >= 15 is 0 Å². The maximum absolute atomic E-state index is 2.39. The lowest BCUT2D eigenvalue weighted by Crippen LogP contribution is -2.11. The predicted molar refractivity (Wildman–Crippen MR) is 37.0 cm³/mol. The Morgan fingerprint density at radius 3 is 1.56 bits per heavy atom. The molecule has 3 aliphatic rings. The van der Waals surface area contributed by atoms with E-state index in [9.17, 15) is 0 Å². The Balaban J connectivity index is 2.02. The van der Waals surface area contributed by atoms with Crippen LogP contribution in [-0.2, 0) is 0 Å². The molecule has 1 saturated carbocycles. The molecule has 3 rings (SSSR count). The lowest BCUT2D eigenvalue weighted by molar-refractivity contribution is 0.426. The molecule has 0 N–H and O–H groups in total. The first-order valence-electron chi connectivity index (χ1n) is 3.78. The maximum Gasteiger partial charge on any atom is 0.0188 e. The zero-order chi connectivity index (χ0) is 5.95. The first-order chi connectivity index (χ1) is 4.37. The Bertz CT molecular complexity index is 184. The van der Waals surface area contributed by atoms with E-state index in [0.717, 1.165) is 0 Å². The highest BCUT2D eigenvalue weighted by Gasteiger charge is 2.59. The Morgan fingerprint density at radius 1 is 0.778 bits per heavy atom. The molecule has 0 aliphatic heterocycles. The molecule has 3 aliphatic carbocycles. The second kappa shape index (κ2) is 0.920. The Labute approximate surface area is 55.3 Å². The van der Waals surface area contributed by atoms with Crippen LogP contribution in [0.3, 0.4) is 0 Å². The maximum atomic E-state index is 2.39. The molecule has 0 aromatic heterocycles. The van der Waals surface area contributed by atoms with Crippen LogP contribution in [0.2, 0.25) is 0 Å². The van der Waals surface area contributed by atoms with Crippen molar-refractivity contribution in [1.82, 2.24) is 0 Å². The summed E-state index contributed by atoms with van der Waals surface area (Å²) in [5.74, 6) is 0. The first kappa shape index (κ1) is 4.32. The average Bonchev–Trinajstić information content (AvgIpc) is 2.51. The summed E-state index contributed by atoms with van der Waals surface area (Å²) in [6, 6.07) is 0. The third kappa shape index (κ3) is 0.320. The highest BCUT2D eigenvalue weighted by atomic mass is 14.6. The molecule has 0 amide bonds. The summed E-state index contributed by atoms with van der Waals surface area (Å²) in [5, 5.41) is 0. The Hall–Kier alpha value is -0.520. The van der Waals surface area contributed by atoms with E-state index < -0.39 is 0 Å². The molecule has 9 heavy (non-hydrogen) atoms. The van der Waals surface area contributed by atoms with E-state index in [1.807, 2.05) is 0 Å². The van der Waals surface area contributed by atoms with E-state index in [1.165, 1.54) is 19.3 Å². The highest BCUT2D eigenvalue weighted by Crippen LogP contribution is 2.68. The molecule has 0 atom stereocenters. The normalized spacial score (nSPS) is 36.4. The summed E-state index contributed by atoms with van der Waals surface area (Å²) in [4.78, 5) is 0. The van der Waals surface area contributed by atoms with Gasteiger partial charge in [0.25, 0.3) is 0 Å². The van der Waals surface area contributed by atoms with Crippen LogP contribution in [0.25, 0.3) is 0 Å². The van der Waals surface area contributed by atoms with Gasteiger partial charge in [-0.3, -0.25) is 0 Å². The highest BCUT2D eigenvalue weighted by molar-refractivity contribution is 5.47. The van der Waals surface area contributed by atoms with Gasteiger partial charge >= 0.3 is 0 Å². The third-order valence-corrected chi connectivity index (χ3v) is 3.19. The largest absolute Gasteiger partial charge is 0.0765 e. The number of rotatable bonds is 0. The number of fused-ring (bicyclic) bond motifs is 1. The molecule has 0 aromatic rings. The van der Waals surface area contributed by atoms with Crippen molar-refractivity contribution in [2.24, 2.45) is 10.8 Å². The molecular formula is C9H10. The average molecular weight is 118 g/mol. The third-order valence-electron chi connectivity index (χ3n) is 3.19. The van der Waals surface area contributed by atoms with Crippen LogP contribution in [0.1, 0.15) is 19.3 Å². The molecule has 2 spiro atoms. The van der Waals surface area contributed by atoms with Crippen molar-refractivity contribution in [3.63, 3.8) is 0 Å². The standard InChI is InChI=1S/C9H10/c1-2-8(4-5-8)9(3-1)6-7-9/h4-7H,1-3H2. The lowest BCUT2D eigenvalue weighted by Gasteiger charge is -2.17. The topological polar surface area (TPSA) is 0 Å². The van der Waals surface area contributed by atoms with Crippen LogP contribution in [0.5, 0.6) is 0 Å². The van der Waals surface area contributed by atoms with Crippen molar-refractivity contribution in [2.45, 2.75) is 19.3 Å². The van der Waals surface area contributed by atoms with Crippen molar-refractivity contribution in [1.29, 1.82) is 0 Å². The molecule has 0 heterocycles. The van der Waals surface area contributed by atoms with Crippen LogP contribution in [0, 0.1) is 10.8 Å². The molecule has 0 aromatic carbocycles. The monoisotopic (exact) mass is 118 g/mol. The minimum atomic E-state index is 0.590. The lowest BCUT2D eigenvalue weighted by atomic mass is 9.85. The van der Waals surface area contributed by atoms with Crippen LogP contribution in [-0.4, -0.2) is 0 Å². The number of hydrogen-bond donors (Lipinski definition) is 0. The number of allylic oxidation sites excluding steroid dienone is 4. The molecule has 0 unspecified atom stereocenters. The Kier molecular flexibility index (Phi) is 0.441. The Morgan fingerprint density at radius 2 is 1.22 bits per heavy atom. The second-order valence-electron chi connectivity index (χ2n) is 3.60. The van der Waals surface area contributed by atoms with Gasteiger partial charge in [-0.15, -0.1) is 0 Å². The van der Waals surface area contributed by atoms with E-state index in [2.05, 4.69) is 24.3 Å². The van der Waals surface area contributed by atoms with E-state index in [4.69, 9.17) is 0 Å². The van der Waals surface area contributed by atoms with Gasteiger partial charge < -0.3 is 0 Å². The van der Waals surface area contributed by atoms with Gasteiger partial charge in [-0.25, -0.2) is 0 Å². The molecule has 46 valence electrons. The summed E-state index contributed by atoms with van der Waals surface area (Å²) in [5.41, 5.74) is 1.18. The van der Waals surface area contributed by atoms with Crippen molar-refractivity contribution in [3.8, 4) is 0 Å². The van der Waals surface area contributed by atoms with Crippen molar-refractivity contribution >= 4 is 0 Å². The van der Waals surface area contributed by atoms with Gasteiger partial charge in [0.15, 0.2) is 0 Å². The SMILES string of the molecule is C1=CC12CCCC21C=C1. The van der Waals surface area contributed by atoms with Gasteiger partial charge in [0.05, 0.1) is 0 Å². The minimum Gasteiger partial charge on any atom is -0.0765 e. The van der Waals surface area contributed by atoms with Crippen molar-refractivity contribution < 1.29 is 0 Å². The molecule has 0 nitrogen and oxygen atoms in total. The fraction of sp³-hybridized carbons (Fsp3) is 0.556. The van der Waals surface area contributed by atoms with Crippen molar-refractivity contribution in [3.05, 3.63) is 24.3 Å². The summed E-state index contributed by atoms with van der Waals surface area (Å²) < 4.78 is 0. The fourth-order valence-electron chi connectivity index (χ4n) is 2.29. The van der Waals surface area contributed by atoms with Crippen LogP contribution < -0.4 is 0 Å². The van der Waals surface area contributed by atoms with Crippen LogP contribution in [0.15, 0.2) is 24.3 Å². The van der Waals surface area contributed by atoms with Gasteiger partial charge in [-0.1, -0.05) is 30.7 Å². The predicted octanol–water partition coefficient (Wildman–Crippen LogP) is 2.28. The fourth-order valence-corrected chi connectivity index (χ4v) is 2.29. The quantitative estimate of drug-likeness (QED) is 0.428. The second-order valence-corrected chi connectivity index (χ2v) is 3.60. The molecule has 0 radical (unpaired) electrons. The minimum absolute atomic E-state index is 0.590. The molecule has 0 saturated heterocycles. The zero-order valence-corrected chi connectivity index (χ0v) is 5.43. The molecule has 0 bridgehead atoms. The molecule has 1 fully saturated rings. The van der Waals surface area contributed by atoms with E-state index in [1.54, 1.807) is 0 Å². The van der Waals surface area contributed by atoms with E-state index in [-0.39, 0.29) is 0 Å². The summed E-state index contributed by atoms with van der Waals surface area (Å²) >= 11 is 0. The van der Waals surface area contributed by atoms with Gasteiger partial charge in [-0.05, 0) is 12.8 Å². The van der Waals surface area contributed by atoms with Gasteiger partial charge in [0.1, 0.15) is 0 Å². The molecule has 0 heteroatoms. The van der Waals surface area contributed by atoms with Gasteiger partial charge in [0, 0.05) is 10.8 Å². The van der Waals surface area contributed by atoms with Gasteiger partial charge in [0.2, 0.25) is 0 Å². The van der Waals surface area contributed by atoms with Crippen LogP contribution >= 0.6 is 0 Å². The molecular weight excluding hydrogens is 108 g/mol. The summed E-state index contributed by atoms with van der Waals surface area (Å²) in [6.07, 6.45) is 13.8. The van der Waals surface area contributed by atoms with Gasteiger partial charge in [-0.2, -0.15) is 0 Å². The smallest absolute Gasteiger partial charge is 0.0188 e. The summed E-state index contributed by atoms with van der Waals surface area (Å²) in [6.45, 7) is 0.